The van der Waals surface area contributed by atoms with Crippen molar-refractivity contribution >= 4 is 23.2 Å². The predicted octanol–water partition coefficient (Wildman–Crippen LogP) is 2.53. The minimum atomic E-state index is 0.379. The van der Waals surface area contributed by atoms with Crippen LogP contribution in [0, 0.1) is 0 Å². The van der Waals surface area contributed by atoms with E-state index in [2.05, 4.69) is 33.5 Å². The molecule has 1 aromatic carbocycles. The fourth-order valence-corrected chi connectivity index (χ4v) is 3.09. The average Bonchev–Trinajstić information content (AvgIpc) is 3.09. The van der Waals surface area contributed by atoms with Gasteiger partial charge in [-0.15, -0.1) is 0 Å². The first kappa shape index (κ1) is 20.8. The molecule has 7 heteroatoms. The van der Waals surface area contributed by atoms with Crippen LogP contribution in [0.25, 0.3) is 0 Å². The minimum Gasteiger partial charge on any atom is -0.382 e. The van der Waals surface area contributed by atoms with E-state index in [1.165, 1.54) is 5.69 Å². The summed E-state index contributed by atoms with van der Waals surface area (Å²) in [6.45, 7) is 7.62. The van der Waals surface area contributed by atoms with Crippen molar-refractivity contribution in [3.05, 3.63) is 29.3 Å². The molecule has 0 bridgehead atoms. The summed E-state index contributed by atoms with van der Waals surface area (Å²) in [5.74, 6) is 0.877. The maximum Gasteiger partial charge on any atom is 0.191 e. The molecule has 0 amide bonds. The van der Waals surface area contributed by atoms with Gasteiger partial charge in [0.1, 0.15) is 0 Å². The van der Waals surface area contributed by atoms with Crippen LogP contribution in [0.3, 0.4) is 0 Å². The maximum absolute atomic E-state index is 6.11. The van der Waals surface area contributed by atoms with Gasteiger partial charge >= 0.3 is 0 Å². The number of anilines is 1. The predicted molar refractivity (Wildman–Crippen MR) is 108 cm³/mol. The number of aliphatic imine (C=N–C) groups is 1. The summed E-state index contributed by atoms with van der Waals surface area (Å²) in [4.78, 5) is 7.01. The second kappa shape index (κ2) is 12.0. The first-order valence-electron chi connectivity index (χ1n) is 9.35. The lowest BCUT2D eigenvalue weighted by Gasteiger charge is -2.20. The van der Waals surface area contributed by atoms with E-state index in [0.717, 1.165) is 50.0 Å². The molecule has 1 aliphatic heterocycles. The van der Waals surface area contributed by atoms with Gasteiger partial charge < -0.3 is 25.0 Å². The van der Waals surface area contributed by atoms with E-state index >= 15 is 0 Å². The molecule has 1 fully saturated rings. The molecule has 1 heterocycles. The molecular weight excluding hydrogens is 352 g/mol. The average molecular weight is 383 g/mol. The molecule has 1 saturated heterocycles. The lowest BCUT2D eigenvalue weighted by molar-refractivity contribution is 0.0702. The summed E-state index contributed by atoms with van der Waals surface area (Å²) >= 11 is 6.11. The molecule has 2 rings (SSSR count). The van der Waals surface area contributed by atoms with Crippen LogP contribution in [-0.4, -0.2) is 65.1 Å². The fourth-order valence-electron chi connectivity index (χ4n) is 2.90. The van der Waals surface area contributed by atoms with E-state index < -0.39 is 0 Å². The third-order valence-corrected chi connectivity index (χ3v) is 4.43. The van der Waals surface area contributed by atoms with Crippen LogP contribution in [0.15, 0.2) is 29.3 Å². The highest BCUT2D eigenvalue weighted by Crippen LogP contribution is 2.23. The molecular formula is C19H31ClN4O2. The Hall–Kier alpha value is -1.50. The molecule has 0 aromatic heterocycles. The van der Waals surface area contributed by atoms with Gasteiger partial charge in [-0.25, -0.2) is 0 Å². The molecule has 0 aliphatic carbocycles. The van der Waals surface area contributed by atoms with Crippen molar-refractivity contribution in [1.82, 2.24) is 10.6 Å². The van der Waals surface area contributed by atoms with Gasteiger partial charge in [0.2, 0.25) is 0 Å². The summed E-state index contributed by atoms with van der Waals surface area (Å²) in [5, 5.41) is 7.65. The fraction of sp³-hybridized carbons (Fsp3) is 0.632. The van der Waals surface area contributed by atoms with Crippen LogP contribution < -0.4 is 15.5 Å². The summed E-state index contributed by atoms with van der Waals surface area (Å²) < 4.78 is 10.4. The van der Waals surface area contributed by atoms with Crippen molar-refractivity contribution in [2.24, 2.45) is 4.99 Å². The number of hydrogen-bond acceptors (Lipinski definition) is 4. The Labute approximate surface area is 161 Å². The van der Waals surface area contributed by atoms with Gasteiger partial charge in [0, 0.05) is 56.6 Å². The van der Waals surface area contributed by atoms with E-state index in [4.69, 9.17) is 21.1 Å². The van der Waals surface area contributed by atoms with Gasteiger partial charge in [0.25, 0.3) is 0 Å². The maximum atomic E-state index is 6.11. The standard InChI is InChI=1S/C19H31ClN4O2/c1-3-21-19(22-9-5-11-26-13-12-25-2)23-17-8-10-24(15-17)18-7-4-6-16(20)14-18/h4,6-7,14,17H,3,5,8-13,15H2,1-2H3,(H2,21,22,23). The van der Waals surface area contributed by atoms with E-state index in [-0.39, 0.29) is 0 Å². The number of methoxy groups -OCH3 is 1. The van der Waals surface area contributed by atoms with Crippen molar-refractivity contribution in [2.45, 2.75) is 25.8 Å². The van der Waals surface area contributed by atoms with E-state index in [1.54, 1.807) is 7.11 Å². The highest BCUT2D eigenvalue weighted by Gasteiger charge is 2.23. The van der Waals surface area contributed by atoms with Crippen LogP contribution in [0.4, 0.5) is 5.69 Å². The molecule has 0 spiro atoms. The Morgan fingerprint density at radius 3 is 3.00 bits per heavy atom. The van der Waals surface area contributed by atoms with Crippen LogP contribution in [0.1, 0.15) is 19.8 Å². The smallest absolute Gasteiger partial charge is 0.191 e. The SMILES string of the molecule is CCNC(=NCCCOCCOC)NC1CCN(c2cccc(Cl)c2)C1. The zero-order valence-corrected chi connectivity index (χ0v) is 16.6. The normalized spacial score (nSPS) is 17.6. The Morgan fingerprint density at radius 1 is 1.35 bits per heavy atom. The van der Waals surface area contributed by atoms with Crippen molar-refractivity contribution in [1.29, 1.82) is 0 Å². The lowest BCUT2D eigenvalue weighted by Crippen LogP contribution is -2.44. The monoisotopic (exact) mass is 382 g/mol. The van der Waals surface area contributed by atoms with Crippen LogP contribution in [0.5, 0.6) is 0 Å². The Morgan fingerprint density at radius 2 is 2.23 bits per heavy atom. The van der Waals surface area contributed by atoms with Gasteiger partial charge in [-0.3, -0.25) is 4.99 Å². The van der Waals surface area contributed by atoms with Crippen molar-refractivity contribution in [2.75, 3.05) is 58.0 Å². The number of nitrogens with zero attached hydrogens (tertiary/aromatic N) is 2. The first-order valence-corrected chi connectivity index (χ1v) is 9.72. The van der Waals surface area contributed by atoms with Gasteiger partial charge in [-0.2, -0.15) is 0 Å². The number of benzene rings is 1. The van der Waals surface area contributed by atoms with Crippen molar-refractivity contribution in [3.63, 3.8) is 0 Å². The Balaban J connectivity index is 1.75. The number of halogens is 1. The zero-order chi connectivity index (χ0) is 18.6. The van der Waals surface area contributed by atoms with Gasteiger partial charge in [0.05, 0.1) is 13.2 Å². The molecule has 146 valence electrons. The van der Waals surface area contributed by atoms with E-state index in [9.17, 15) is 0 Å². The van der Waals surface area contributed by atoms with Crippen molar-refractivity contribution in [3.8, 4) is 0 Å². The minimum absolute atomic E-state index is 0.379. The highest BCUT2D eigenvalue weighted by atomic mass is 35.5. The van der Waals surface area contributed by atoms with Crippen LogP contribution >= 0.6 is 11.6 Å². The van der Waals surface area contributed by atoms with Crippen LogP contribution in [-0.2, 0) is 9.47 Å². The van der Waals surface area contributed by atoms with E-state index in [0.29, 0.717) is 25.9 Å². The second-order valence-corrected chi connectivity index (χ2v) is 6.71. The number of hydrogen-bond donors (Lipinski definition) is 2. The summed E-state index contributed by atoms with van der Waals surface area (Å²) in [6.07, 6.45) is 1.98. The Bertz CT molecular complexity index is 556. The number of nitrogens with one attached hydrogen (secondary N) is 2. The number of guanidine groups is 1. The van der Waals surface area contributed by atoms with Crippen molar-refractivity contribution < 1.29 is 9.47 Å². The van der Waals surface area contributed by atoms with Crippen LogP contribution in [0.2, 0.25) is 5.02 Å². The summed E-state index contributed by atoms with van der Waals surface area (Å²) in [7, 11) is 1.68. The molecule has 2 N–H and O–H groups in total. The second-order valence-electron chi connectivity index (χ2n) is 6.28. The van der Waals surface area contributed by atoms with Gasteiger partial charge in [0.15, 0.2) is 5.96 Å². The third kappa shape index (κ3) is 7.40. The summed E-state index contributed by atoms with van der Waals surface area (Å²) in [5.41, 5.74) is 1.18. The number of rotatable bonds is 10. The Kier molecular flexibility index (Phi) is 9.60. The molecule has 1 aliphatic rings. The number of ether oxygens (including phenoxy) is 2. The van der Waals surface area contributed by atoms with Gasteiger partial charge in [-0.1, -0.05) is 17.7 Å². The first-order chi connectivity index (χ1) is 12.7. The quantitative estimate of drug-likeness (QED) is 0.370. The third-order valence-electron chi connectivity index (χ3n) is 4.20. The summed E-state index contributed by atoms with van der Waals surface area (Å²) in [6, 6.07) is 8.42. The van der Waals surface area contributed by atoms with E-state index in [1.807, 2.05) is 18.2 Å². The molecule has 1 atom stereocenters. The zero-order valence-electron chi connectivity index (χ0n) is 15.8. The molecule has 0 radical (unpaired) electrons. The molecule has 6 nitrogen and oxygen atoms in total. The largest absolute Gasteiger partial charge is 0.382 e. The highest BCUT2D eigenvalue weighted by molar-refractivity contribution is 6.30. The molecule has 1 unspecified atom stereocenters. The molecule has 0 saturated carbocycles. The van der Waals surface area contributed by atoms with Gasteiger partial charge in [-0.05, 0) is 38.0 Å². The lowest BCUT2D eigenvalue weighted by atomic mass is 10.2. The molecule has 1 aromatic rings. The molecule has 26 heavy (non-hydrogen) atoms. The topological polar surface area (TPSA) is 58.1 Å².